The minimum absolute atomic E-state index is 0.387. The largest absolute Gasteiger partial charge is 0.480 e. The Bertz CT molecular complexity index is 341. The van der Waals surface area contributed by atoms with Crippen LogP contribution >= 0.6 is 15.9 Å². The highest BCUT2D eigenvalue weighted by Gasteiger charge is 2.16. The van der Waals surface area contributed by atoms with Crippen molar-refractivity contribution in [3.8, 4) is 0 Å². The molecule has 0 amide bonds. The number of hydrogen-bond acceptors (Lipinski definition) is 3. The summed E-state index contributed by atoms with van der Waals surface area (Å²) >= 11 is 3.21. The predicted molar refractivity (Wildman–Crippen MR) is 53.1 cm³/mol. The number of halogens is 1. The first kappa shape index (κ1) is 10.0. The van der Waals surface area contributed by atoms with Crippen molar-refractivity contribution < 1.29 is 9.90 Å². The number of hydrogen-bond donors (Lipinski definition) is 3. The molecule has 1 rings (SSSR count). The number of aliphatic carboxylic acids is 1. The SMILES string of the molecule is Nc1ccc(Br)cc1[C@H](N)C(=O)O. The topological polar surface area (TPSA) is 89.3 Å². The van der Waals surface area contributed by atoms with Crippen LogP contribution < -0.4 is 11.5 Å². The van der Waals surface area contributed by atoms with E-state index in [-0.39, 0.29) is 0 Å². The molecule has 0 aromatic heterocycles. The first-order valence-corrected chi connectivity index (χ1v) is 4.35. The van der Waals surface area contributed by atoms with E-state index in [2.05, 4.69) is 15.9 Å². The third kappa shape index (κ3) is 2.19. The van der Waals surface area contributed by atoms with Gasteiger partial charge in [0, 0.05) is 15.7 Å². The summed E-state index contributed by atoms with van der Waals surface area (Å²) in [7, 11) is 0. The molecular weight excluding hydrogens is 236 g/mol. The molecular formula is C8H9BrN2O2. The van der Waals surface area contributed by atoms with Gasteiger partial charge in [-0.05, 0) is 18.2 Å². The lowest BCUT2D eigenvalue weighted by atomic mass is 10.1. The Kier molecular flexibility index (Phi) is 2.90. The van der Waals surface area contributed by atoms with Crippen LogP contribution in [0.1, 0.15) is 11.6 Å². The highest BCUT2D eigenvalue weighted by atomic mass is 79.9. The first-order chi connectivity index (χ1) is 6.02. The second kappa shape index (κ2) is 3.76. The Hall–Kier alpha value is -1.07. The minimum atomic E-state index is -1.09. The van der Waals surface area contributed by atoms with Crippen molar-refractivity contribution in [2.45, 2.75) is 6.04 Å². The van der Waals surface area contributed by atoms with E-state index in [1.54, 1.807) is 18.2 Å². The van der Waals surface area contributed by atoms with Crippen LogP contribution in [0.5, 0.6) is 0 Å². The van der Waals surface area contributed by atoms with Gasteiger partial charge in [-0.15, -0.1) is 0 Å². The zero-order chi connectivity index (χ0) is 10.0. The molecule has 0 radical (unpaired) electrons. The summed E-state index contributed by atoms with van der Waals surface area (Å²) in [6.45, 7) is 0. The average Bonchev–Trinajstić information content (AvgIpc) is 2.08. The minimum Gasteiger partial charge on any atom is -0.480 e. The number of nitrogens with two attached hydrogens (primary N) is 2. The summed E-state index contributed by atoms with van der Waals surface area (Å²) in [5.74, 6) is -1.09. The van der Waals surface area contributed by atoms with Gasteiger partial charge in [0.2, 0.25) is 0 Å². The van der Waals surface area contributed by atoms with Crippen molar-refractivity contribution >= 4 is 27.6 Å². The van der Waals surface area contributed by atoms with Gasteiger partial charge in [0.05, 0.1) is 0 Å². The standard InChI is InChI=1S/C8H9BrN2O2/c9-4-1-2-6(10)5(3-4)7(11)8(12)13/h1-3,7H,10-11H2,(H,12,13)/t7-/m0/s1. The molecule has 0 saturated carbocycles. The van der Waals surface area contributed by atoms with Gasteiger partial charge in [-0.3, -0.25) is 4.79 Å². The molecule has 1 aromatic rings. The fourth-order valence-corrected chi connectivity index (χ4v) is 1.33. The number of nitrogen functional groups attached to an aromatic ring is 1. The van der Waals surface area contributed by atoms with Crippen molar-refractivity contribution in [2.24, 2.45) is 5.73 Å². The maximum atomic E-state index is 10.6. The van der Waals surface area contributed by atoms with E-state index in [1.165, 1.54) is 0 Å². The molecule has 0 aliphatic rings. The van der Waals surface area contributed by atoms with Gasteiger partial charge in [-0.1, -0.05) is 15.9 Å². The Morgan fingerprint density at radius 3 is 2.69 bits per heavy atom. The van der Waals surface area contributed by atoms with Crippen LogP contribution in [0.15, 0.2) is 22.7 Å². The summed E-state index contributed by atoms with van der Waals surface area (Å²) in [5.41, 5.74) is 11.8. The molecule has 0 fully saturated rings. The van der Waals surface area contributed by atoms with Gasteiger partial charge >= 0.3 is 5.97 Å². The Morgan fingerprint density at radius 2 is 2.15 bits per heavy atom. The molecule has 0 bridgehead atoms. The monoisotopic (exact) mass is 244 g/mol. The third-order valence-corrected chi connectivity index (χ3v) is 2.14. The van der Waals surface area contributed by atoms with E-state index < -0.39 is 12.0 Å². The van der Waals surface area contributed by atoms with Crippen molar-refractivity contribution in [3.05, 3.63) is 28.2 Å². The van der Waals surface area contributed by atoms with Crippen LogP contribution in [0.3, 0.4) is 0 Å². The average molecular weight is 245 g/mol. The van der Waals surface area contributed by atoms with Gasteiger partial charge < -0.3 is 16.6 Å². The lowest BCUT2D eigenvalue weighted by Crippen LogP contribution is -2.21. The number of benzene rings is 1. The van der Waals surface area contributed by atoms with Crippen LogP contribution in [-0.2, 0) is 4.79 Å². The lowest BCUT2D eigenvalue weighted by molar-refractivity contribution is -0.138. The van der Waals surface area contributed by atoms with E-state index in [4.69, 9.17) is 16.6 Å². The van der Waals surface area contributed by atoms with E-state index in [9.17, 15) is 4.79 Å². The number of rotatable bonds is 2. The number of carboxylic acid groups (broad SMARTS) is 1. The van der Waals surface area contributed by atoms with Crippen LogP contribution in [0.25, 0.3) is 0 Å². The molecule has 0 saturated heterocycles. The van der Waals surface area contributed by atoms with Gasteiger partial charge in [0.25, 0.3) is 0 Å². The quantitative estimate of drug-likeness (QED) is 0.681. The molecule has 4 nitrogen and oxygen atoms in total. The number of anilines is 1. The summed E-state index contributed by atoms with van der Waals surface area (Å²) in [6.07, 6.45) is 0. The molecule has 5 heteroatoms. The Morgan fingerprint density at radius 1 is 1.54 bits per heavy atom. The van der Waals surface area contributed by atoms with Crippen molar-refractivity contribution in [1.29, 1.82) is 0 Å². The molecule has 1 aromatic carbocycles. The van der Waals surface area contributed by atoms with Gasteiger partial charge in [-0.2, -0.15) is 0 Å². The molecule has 0 spiro atoms. The second-order valence-electron chi connectivity index (χ2n) is 2.59. The van der Waals surface area contributed by atoms with Gasteiger partial charge in [0.1, 0.15) is 6.04 Å². The fourth-order valence-electron chi connectivity index (χ4n) is 0.948. The predicted octanol–water partition coefficient (Wildman–Crippen LogP) is 1.12. The van der Waals surface area contributed by atoms with Crippen molar-refractivity contribution in [1.82, 2.24) is 0 Å². The van der Waals surface area contributed by atoms with Crippen LogP contribution in [-0.4, -0.2) is 11.1 Å². The Labute approximate surface area is 83.7 Å². The summed E-state index contributed by atoms with van der Waals surface area (Å²) < 4.78 is 0.758. The van der Waals surface area contributed by atoms with Crippen molar-refractivity contribution in [3.63, 3.8) is 0 Å². The van der Waals surface area contributed by atoms with E-state index in [1.807, 2.05) is 0 Å². The van der Waals surface area contributed by atoms with Crippen molar-refractivity contribution in [2.75, 3.05) is 5.73 Å². The normalized spacial score (nSPS) is 12.5. The smallest absolute Gasteiger partial charge is 0.325 e. The highest BCUT2D eigenvalue weighted by Crippen LogP contribution is 2.23. The van der Waals surface area contributed by atoms with E-state index in [0.29, 0.717) is 11.3 Å². The zero-order valence-electron chi connectivity index (χ0n) is 6.70. The number of carbonyl (C=O) groups is 1. The van der Waals surface area contributed by atoms with Crippen LogP contribution in [0.4, 0.5) is 5.69 Å². The number of carboxylic acids is 1. The fraction of sp³-hybridized carbons (Fsp3) is 0.125. The maximum Gasteiger partial charge on any atom is 0.325 e. The lowest BCUT2D eigenvalue weighted by Gasteiger charge is -2.09. The molecule has 5 N–H and O–H groups in total. The maximum absolute atomic E-state index is 10.6. The Balaban J connectivity index is 3.12. The molecule has 13 heavy (non-hydrogen) atoms. The first-order valence-electron chi connectivity index (χ1n) is 3.55. The zero-order valence-corrected chi connectivity index (χ0v) is 8.28. The molecule has 0 unspecified atom stereocenters. The van der Waals surface area contributed by atoms with Gasteiger partial charge in [-0.25, -0.2) is 0 Å². The molecule has 0 aliphatic heterocycles. The summed E-state index contributed by atoms with van der Waals surface area (Å²) in [6, 6.07) is 3.88. The van der Waals surface area contributed by atoms with E-state index in [0.717, 1.165) is 4.47 Å². The molecule has 70 valence electrons. The third-order valence-electron chi connectivity index (χ3n) is 1.65. The van der Waals surface area contributed by atoms with Gasteiger partial charge in [0.15, 0.2) is 0 Å². The molecule has 0 heterocycles. The van der Waals surface area contributed by atoms with Crippen LogP contribution in [0.2, 0.25) is 0 Å². The molecule has 0 aliphatic carbocycles. The molecule has 1 atom stereocenters. The second-order valence-corrected chi connectivity index (χ2v) is 3.50. The van der Waals surface area contributed by atoms with Crippen LogP contribution in [0, 0.1) is 0 Å². The van der Waals surface area contributed by atoms with E-state index >= 15 is 0 Å². The summed E-state index contributed by atoms with van der Waals surface area (Å²) in [4.78, 5) is 10.6. The summed E-state index contributed by atoms with van der Waals surface area (Å²) in [5, 5.41) is 8.65. The highest BCUT2D eigenvalue weighted by molar-refractivity contribution is 9.10.